The molecule has 2 aliphatic rings. The molecule has 1 atom stereocenters. The van der Waals surface area contributed by atoms with Crippen molar-refractivity contribution in [3.63, 3.8) is 0 Å². The number of carbonyl (C=O) groups excluding carboxylic acids is 2. The number of nitrogens with one attached hydrogen (secondary N) is 1. The maximum atomic E-state index is 14.0. The number of hydrogen-bond acceptors (Lipinski definition) is 3. The molecule has 6 nitrogen and oxygen atoms in total. The number of methoxy groups -OCH3 is 1. The van der Waals surface area contributed by atoms with Gasteiger partial charge in [0.2, 0.25) is 5.91 Å². The van der Waals surface area contributed by atoms with Crippen LogP contribution in [0.2, 0.25) is 0 Å². The molecule has 36 heavy (non-hydrogen) atoms. The number of amides is 2. The van der Waals surface area contributed by atoms with Crippen molar-refractivity contribution in [3.8, 4) is 17.0 Å². The van der Waals surface area contributed by atoms with Crippen molar-refractivity contribution in [1.29, 1.82) is 0 Å². The van der Waals surface area contributed by atoms with Crippen molar-refractivity contribution in [1.82, 2.24) is 14.8 Å². The van der Waals surface area contributed by atoms with Crippen LogP contribution in [0.25, 0.3) is 11.3 Å². The summed E-state index contributed by atoms with van der Waals surface area (Å²) in [5.74, 6) is 0.561. The Morgan fingerprint density at radius 2 is 1.61 bits per heavy atom. The second-order valence-electron chi connectivity index (χ2n) is 10.2. The normalized spacial score (nSPS) is 20.5. The standard InChI is InChI=1S/C30H35N3O3/c1-30(29(35)31-24-12-8-3-4-9-13-24)21-32-26(23-10-6-5-7-11-23)18-19-27(32)28(34)33(30)20-22-14-16-25(36-2)17-15-22/h5-7,10-11,14-19,24H,3-4,8-9,12-13,20-21H2,1-2H3,(H,31,35)/t30-/m0/s1. The molecule has 0 unspecified atom stereocenters. The molecule has 2 amide bonds. The highest BCUT2D eigenvalue weighted by atomic mass is 16.5. The van der Waals surface area contributed by atoms with Crippen molar-refractivity contribution in [2.75, 3.05) is 7.11 Å². The number of hydrogen-bond donors (Lipinski definition) is 1. The first kappa shape index (κ1) is 24.2. The summed E-state index contributed by atoms with van der Waals surface area (Å²) < 4.78 is 7.32. The highest BCUT2D eigenvalue weighted by Crippen LogP contribution is 2.34. The summed E-state index contributed by atoms with van der Waals surface area (Å²) in [7, 11) is 1.64. The van der Waals surface area contributed by atoms with Gasteiger partial charge in [-0.15, -0.1) is 0 Å². The average molecular weight is 486 g/mol. The molecule has 0 spiro atoms. The van der Waals surface area contributed by atoms with E-state index in [1.165, 1.54) is 12.8 Å². The predicted octanol–water partition coefficient (Wildman–Crippen LogP) is 5.42. The van der Waals surface area contributed by atoms with Crippen LogP contribution in [0, 0.1) is 0 Å². The molecule has 1 aliphatic heterocycles. The number of rotatable bonds is 6. The summed E-state index contributed by atoms with van der Waals surface area (Å²) in [6, 6.07) is 21.8. The fourth-order valence-corrected chi connectivity index (χ4v) is 5.56. The summed E-state index contributed by atoms with van der Waals surface area (Å²) in [6.07, 6.45) is 6.71. The Hall–Kier alpha value is -3.54. The van der Waals surface area contributed by atoms with E-state index < -0.39 is 5.54 Å². The van der Waals surface area contributed by atoms with Gasteiger partial charge in [0.25, 0.3) is 5.91 Å². The quantitative estimate of drug-likeness (QED) is 0.475. The Morgan fingerprint density at radius 3 is 2.28 bits per heavy atom. The molecular weight excluding hydrogens is 450 g/mol. The third kappa shape index (κ3) is 4.64. The summed E-state index contributed by atoms with van der Waals surface area (Å²) in [4.78, 5) is 29.7. The molecular formula is C30H35N3O3. The van der Waals surface area contributed by atoms with E-state index in [0.29, 0.717) is 18.8 Å². The lowest BCUT2D eigenvalue weighted by Crippen LogP contribution is -2.64. The van der Waals surface area contributed by atoms with Gasteiger partial charge in [-0.1, -0.05) is 68.1 Å². The van der Waals surface area contributed by atoms with Crippen molar-refractivity contribution in [2.24, 2.45) is 0 Å². The molecule has 5 rings (SSSR count). The smallest absolute Gasteiger partial charge is 0.271 e. The maximum absolute atomic E-state index is 14.0. The lowest BCUT2D eigenvalue weighted by atomic mass is 9.92. The van der Waals surface area contributed by atoms with Crippen LogP contribution in [0.15, 0.2) is 66.7 Å². The molecule has 2 heterocycles. The van der Waals surface area contributed by atoms with E-state index in [2.05, 4.69) is 5.32 Å². The lowest BCUT2D eigenvalue weighted by Gasteiger charge is -2.45. The highest BCUT2D eigenvalue weighted by Gasteiger charge is 2.48. The summed E-state index contributed by atoms with van der Waals surface area (Å²) in [5, 5.41) is 3.34. The zero-order valence-corrected chi connectivity index (χ0v) is 21.2. The van der Waals surface area contributed by atoms with E-state index in [4.69, 9.17) is 4.74 Å². The molecule has 1 saturated carbocycles. The maximum Gasteiger partial charge on any atom is 0.271 e. The zero-order valence-electron chi connectivity index (χ0n) is 21.2. The second-order valence-corrected chi connectivity index (χ2v) is 10.2. The van der Waals surface area contributed by atoms with Gasteiger partial charge in [0.1, 0.15) is 17.0 Å². The van der Waals surface area contributed by atoms with Crippen molar-refractivity contribution >= 4 is 11.8 Å². The molecule has 1 aromatic heterocycles. The van der Waals surface area contributed by atoms with Gasteiger partial charge in [0.05, 0.1) is 13.7 Å². The molecule has 1 N–H and O–H groups in total. The second kappa shape index (κ2) is 10.2. The summed E-state index contributed by atoms with van der Waals surface area (Å²) >= 11 is 0. The number of fused-ring (bicyclic) bond motifs is 1. The number of ether oxygens (including phenoxy) is 1. The molecule has 3 aromatic rings. The van der Waals surface area contributed by atoms with Crippen LogP contribution < -0.4 is 10.1 Å². The van der Waals surface area contributed by atoms with E-state index >= 15 is 0 Å². The Bertz CT molecular complexity index is 1210. The number of aromatic nitrogens is 1. The Labute approximate surface area is 213 Å². The molecule has 6 heteroatoms. The van der Waals surface area contributed by atoms with Gasteiger partial charge in [-0.3, -0.25) is 9.59 Å². The van der Waals surface area contributed by atoms with Gasteiger partial charge in [0, 0.05) is 18.3 Å². The monoisotopic (exact) mass is 485 g/mol. The van der Waals surface area contributed by atoms with Gasteiger partial charge in [-0.05, 0) is 55.2 Å². The topological polar surface area (TPSA) is 63.6 Å². The van der Waals surface area contributed by atoms with Crippen LogP contribution in [0.1, 0.15) is 61.5 Å². The highest BCUT2D eigenvalue weighted by molar-refractivity contribution is 6.00. The molecule has 1 aliphatic carbocycles. The van der Waals surface area contributed by atoms with E-state index in [9.17, 15) is 9.59 Å². The number of carbonyl (C=O) groups is 2. The Balaban J connectivity index is 1.51. The largest absolute Gasteiger partial charge is 0.497 e. The lowest BCUT2D eigenvalue weighted by molar-refractivity contribution is -0.134. The Kier molecular flexibility index (Phi) is 6.86. The van der Waals surface area contributed by atoms with Gasteiger partial charge >= 0.3 is 0 Å². The predicted molar refractivity (Wildman–Crippen MR) is 141 cm³/mol. The SMILES string of the molecule is COc1ccc(CN2C(=O)c3ccc(-c4ccccc4)n3C[C@@]2(C)C(=O)NC2CCCCCC2)cc1. The van der Waals surface area contributed by atoms with Crippen LogP contribution in [0.4, 0.5) is 0 Å². The minimum atomic E-state index is -1.03. The van der Waals surface area contributed by atoms with Gasteiger partial charge in [0.15, 0.2) is 0 Å². The first-order chi connectivity index (χ1) is 17.5. The number of nitrogens with zero attached hydrogens (tertiary/aromatic N) is 2. The Morgan fingerprint density at radius 1 is 0.944 bits per heavy atom. The molecule has 188 valence electrons. The van der Waals surface area contributed by atoms with Crippen molar-refractivity contribution in [2.45, 2.75) is 70.1 Å². The average Bonchev–Trinajstić information content (AvgIpc) is 3.15. The molecule has 1 fully saturated rings. The van der Waals surface area contributed by atoms with Crippen LogP contribution >= 0.6 is 0 Å². The number of benzene rings is 2. The first-order valence-electron chi connectivity index (χ1n) is 13.0. The minimum Gasteiger partial charge on any atom is -0.497 e. The zero-order chi connectivity index (χ0) is 25.1. The van der Waals surface area contributed by atoms with E-state index in [1.54, 1.807) is 12.0 Å². The molecule has 0 bridgehead atoms. The van der Waals surface area contributed by atoms with Crippen molar-refractivity contribution in [3.05, 3.63) is 78.0 Å². The van der Waals surface area contributed by atoms with Gasteiger partial charge in [-0.2, -0.15) is 0 Å². The fraction of sp³-hybridized carbons (Fsp3) is 0.400. The van der Waals surface area contributed by atoms with E-state index in [0.717, 1.165) is 48.3 Å². The van der Waals surface area contributed by atoms with Gasteiger partial charge in [-0.25, -0.2) is 0 Å². The van der Waals surface area contributed by atoms with Crippen LogP contribution in [0.5, 0.6) is 5.75 Å². The van der Waals surface area contributed by atoms with Crippen LogP contribution in [0.3, 0.4) is 0 Å². The molecule has 2 aromatic carbocycles. The van der Waals surface area contributed by atoms with Crippen LogP contribution in [-0.4, -0.2) is 40.0 Å². The minimum absolute atomic E-state index is 0.0744. The summed E-state index contributed by atoms with van der Waals surface area (Å²) in [6.45, 7) is 2.67. The van der Waals surface area contributed by atoms with Crippen LogP contribution in [-0.2, 0) is 17.9 Å². The summed E-state index contributed by atoms with van der Waals surface area (Å²) in [5.41, 5.74) is 2.53. The third-order valence-corrected chi connectivity index (χ3v) is 7.76. The fourth-order valence-electron chi connectivity index (χ4n) is 5.56. The van der Waals surface area contributed by atoms with Gasteiger partial charge < -0.3 is 19.5 Å². The van der Waals surface area contributed by atoms with E-state index in [1.807, 2.05) is 78.2 Å². The molecule has 0 saturated heterocycles. The first-order valence-corrected chi connectivity index (χ1v) is 13.0. The van der Waals surface area contributed by atoms with Crippen molar-refractivity contribution < 1.29 is 14.3 Å². The molecule has 0 radical (unpaired) electrons. The van der Waals surface area contributed by atoms with E-state index in [-0.39, 0.29) is 17.9 Å². The third-order valence-electron chi connectivity index (χ3n) is 7.76.